The predicted octanol–water partition coefficient (Wildman–Crippen LogP) is 2.48. The lowest BCUT2D eigenvalue weighted by atomic mass is 10.0. The van der Waals surface area contributed by atoms with Crippen LogP contribution in [0.15, 0.2) is 36.7 Å². The summed E-state index contributed by atoms with van der Waals surface area (Å²) in [5.41, 5.74) is 5.27. The van der Waals surface area contributed by atoms with Crippen LogP contribution in [0.5, 0.6) is 0 Å². The van der Waals surface area contributed by atoms with E-state index in [1.807, 2.05) is 31.6 Å². The van der Waals surface area contributed by atoms with Gasteiger partial charge >= 0.3 is 0 Å². The van der Waals surface area contributed by atoms with Gasteiger partial charge in [-0.1, -0.05) is 6.07 Å². The zero-order valence-corrected chi connectivity index (χ0v) is 11.7. The number of aliphatic hydroxyl groups is 1. The Balaban J connectivity index is 2.12. The minimum Gasteiger partial charge on any atom is -0.396 e. The second-order valence-electron chi connectivity index (χ2n) is 5.05. The second kappa shape index (κ2) is 5.06. The van der Waals surface area contributed by atoms with Gasteiger partial charge in [0, 0.05) is 30.8 Å². The molecular weight excluding hydrogens is 250 g/mol. The summed E-state index contributed by atoms with van der Waals surface area (Å²) in [6.07, 6.45) is 4.47. The zero-order chi connectivity index (χ0) is 14.1. The summed E-state index contributed by atoms with van der Waals surface area (Å²) in [6, 6.07) is 8.24. The molecule has 0 amide bonds. The lowest BCUT2D eigenvalue weighted by molar-refractivity contribution is 0.299. The summed E-state index contributed by atoms with van der Waals surface area (Å²) in [5, 5.41) is 14.4. The summed E-state index contributed by atoms with van der Waals surface area (Å²) in [5.74, 6) is 0. The van der Waals surface area contributed by atoms with Gasteiger partial charge in [-0.15, -0.1) is 0 Å². The van der Waals surface area contributed by atoms with Gasteiger partial charge in [-0.2, -0.15) is 5.10 Å². The van der Waals surface area contributed by atoms with Crippen molar-refractivity contribution < 1.29 is 5.11 Å². The van der Waals surface area contributed by atoms with Crippen LogP contribution >= 0.6 is 0 Å². The Bertz CT molecular complexity index is 762. The average molecular weight is 267 g/mol. The number of rotatable bonds is 3. The van der Waals surface area contributed by atoms with Crippen LogP contribution in [0.3, 0.4) is 0 Å². The fourth-order valence-corrected chi connectivity index (χ4v) is 2.43. The summed E-state index contributed by atoms with van der Waals surface area (Å²) in [4.78, 5) is 4.71. The van der Waals surface area contributed by atoms with Crippen LogP contribution in [0.25, 0.3) is 22.2 Å². The SMILES string of the molecule is Cc1cc(-c2cnn(C)c2)nc2ccc(CCO)cc12. The van der Waals surface area contributed by atoms with Crippen molar-refractivity contribution in [3.63, 3.8) is 0 Å². The Labute approximate surface area is 117 Å². The lowest BCUT2D eigenvalue weighted by Crippen LogP contribution is -1.93. The molecule has 1 aromatic carbocycles. The van der Waals surface area contributed by atoms with E-state index < -0.39 is 0 Å². The topological polar surface area (TPSA) is 50.9 Å². The predicted molar refractivity (Wildman–Crippen MR) is 79.5 cm³/mol. The molecule has 0 radical (unpaired) electrons. The third-order valence-electron chi connectivity index (χ3n) is 3.48. The first-order valence-corrected chi connectivity index (χ1v) is 6.67. The molecule has 1 N–H and O–H groups in total. The molecule has 3 rings (SSSR count). The largest absolute Gasteiger partial charge is 0.396 e. The zero-order valence-electron chi connectivity index (χ0n) is 11.7. The van der Waals surface area contributed by atoms with Crippen LogP contribution in [0, 0.1) is 6.92 Å². The maximum absolute atomic E-state index is 9.03. The summed E-state index contributed by atoms with van der Waals surface area (Å²) in [6.45, 7) is 2.26. The van der Waals surface area contributed by atoms with E-state index >= 15 is 0 Å². The van der Waals surface area contributed by atoms with Crippen LogP contribution in [0.4, 0.5) is 0 Å². The minimum absolute atomic E-state index is 0.172. The molecule has 0 atom stereocenters. The molecule has 102 valence electrons. The number of hydrogen-bond acceptors (Lipinski definition) is 3. The van der Waals surface area contributed by atoms with E-state index in [1.54, 1.807) is 4.68 Å². The molecule has 0 saturated carbocycles. The highest BCUT2D eigenvalue weighted by atomic mass is 16.2. The van der Waals surface area contributed by atoms with Crippen molar-refractivity contribution in [2.45, 2.75) is 13.3 Å². The van der Waals surface area contributed by atoms with Crippen molar-refractivity contribution in [1.82, 2.24) is 14.8 Å². The molecule has 20 heavy (non-hydrogen) atoms. The first-order valence-electron chi connectivity index (χ1n) is 6.67. The van der Waals surface area contributed by atoms with E-state index in [1.165, 1.54) is 5.56 Å². The van der Waals surface area contributed by atoms with Gasteiger partial charge in [0.1, 0.15) is 0 Å². The summed E-state index contributed by atoms with van der Waals surface area (Å²) >= 11 is 0. The summed E-state index contributed by atoms with van der Waals surface area (Å²) < 4.78 is 1.78. The fourth-order valence-electron chi connectivity index (χ4n) is 2.43. The van der Waals surface area contributed by atoms with Crippen LogP contribution < -0.4 is 0 Å². The van der Waals surface area contributed by atoms with Gasteiger partial charge in [0.25, 0.3) is 0 Å². The highest BCUT2D eigenvalue weighted by Gasteiger charge is 2.07. The molecule has 0 fully saturated rings. The standard InChI is InChI=1S/C16H17N3O/c1-11-7-16(13-9-17-19(2)10-13)18-15-4-3-12(5-6-20)8-14(11)15/h3-4,7-10,20H,5-6H2,1-2H3. The van der Waals surface area contributed by atoms with E-state index in [-0.39, 0.29) is 6.61 Å². The molecule has 2 heterocycles. The maximum Gasteiger partial charge on any atom is 0.0743 e. The van der Waals surface area contributed by atoms with Crippen LogP contribution in [-0.4, -0.2) is 26.5 Å². The molecule has 4 heteroatoms. The Hall–Kier alpha value is -2.20. The summed E-state index contributed by atoms with van der Waals surface area (Å²) in [7, 11) is 1.90. The van der Waals surface area contributed by atoms with Gasteiger partial charge in [0.2, 0.25) is 0 Å². The highest BCUT2D eigenvalue weighted by Crippen LogP contribution is 2.25. The number of fused-ring (bicyclic) bond motifs is 1. The van der Waals surface area contributed by atoms with Crippen molar-refractivity contribution in [3.05, 3.63) is 47.8 Å². The van der Waals surface area contributed by atoms with Gasteiger partial charge < -0.3 is 5.11 Å². The average Bonchev–Trinajstić information content (AvgIpc) is 2.86. The van der Waals surface area contributed by atoms with Gasteiger partial charge in [0.05, 0.1) is 17.4 Å². The monoisotopic (exact) mass is 267 g/mol. The quantitative estimate of drug-likeness (QED) is 0.793. The Morgan fingerprint density at radius 2 is 2.10 bits per heavy atom. The third-order valence-corrected chi connectivity index (χ3v) is 3.48. The second-order valence-corrected chi connectivity index (χ2v) is 5.05. The number of nitrogens with zero attached hydrogens (tertiary/aromatic N) is 3. The minimum atomic E-state index is 0.172. The number of hydrogen-bond donors (Lipinski definition) is 1. The van der Waals surface area contributed by atoms with Gasteiger partial charge in [-0.05, 0) is 42.7 Å². The van der Waals surface area contributed by atoms with Gasteiger partial charge in [0.15, 0.2) is 0 Å². The van der Waals surface area contributed by atoms with Crippen molar-refractivity contribution >= 4 is 10.9 Å². The van der Waals surface area contributed by atoms with E-state index in [9.17, 15) is 0 Å². The van der Waals surface area contributed by atoms with Crippen molar-refractivity contribution in [2.75, 3.05) is 6.61 Å². The highest BCUT2D eigenvalue weighted by molar-refractivity contribution is 5.85. The molecule has 3 aromatic rings. The fraction of sp³-hybridized carbons (Fsp3) is 0.250. The van der Waals surface area contributed by atoms with Crippen LogP contribution in [-0.2, 0) is 13.5 Å². The van der Waals surface area contributed by atoms with Gasteiger partial charge in [-0.25, -0.2) is 4.98 Å². The van der Waals surface area contributed by atoms with Crippen molar-refractivity contribution in [1.29, 1.82) is 0 Å². The molecule has 0 aliphatic carbocycles. The number of benzene rings is 1. The molecule has 4 nitrogen and oxygen atoms in total. The smallest absolute Gasteiger partial charge is 0.0743 e. The number of aliphatic hydroxyl groups excluding tert-OH is 1. The molecule has 0 bridgehead atoms. The normalized spacial score (nSPS) is 11.2. The van der Waals surface area contributed by atoms with Gasteiger partial charge in [-0.3, -0.25) is 4.68 Å². The third kappa shape index (κ3) is 2.30. The molecular formula is C16H17N3O. The molecule has 0 aliphatic rings. The number of aryl methyl sites for hydroxylation is 2. The van der Waals surface area contributed by atoms with Crippen molar-refractivity contribution in [3.8, 4) is 11.3 Å². The van der Waals surface area contributed by atoms with E-state index in [0.717, 1.165) is 27.7 Å². The molecule has 2 aromatic heterocycles. The first kappa shape index (κ1) is 12.8. The Morgan fingerprint density at radius 1 is 1.25 bits per heavy atom. The van der Waals surface area contributed by atoms with Crippen LogP contribution in [0.2, 0.25) is 0 Å². The molecule has 0 saturated heterocycles. The molecule has 0 aliphatic heterocycles. The van der Waals surface area contributed by atoms with E-state index in [0.29, 0.717) is 6.42 Å². The maximum atomic E-state index is 9.03. The molecule has 0 spiro atoms. The van der Waals surface area contributed by atoms with E-state index in [2.05, 4.69) is 24.2 Å². The molecule has 0 unspecified atom stereocenters. The first-order chi connectivity index (χ1) is 9.67. The number of pyridine rings is 1. The lowest BCUT2D eigenvalue weighted by Gasteiger charge is -2.07. The Morgan fingerprint density at radius 3 is 2.80 bits per heavy atom. The van der Waals surface area contributed by atoms with Crippen molar-refractivity contribution in [2.24, 2.45) is 7.05 Å². The number of aromatic nitrogens is 3. The van der Waals surface area contributed by atoms with Crippen LogP contribution in [0.1, 0.15) is 11.1 Å². The Kier molecular flexibility index (Phi) is 3.24. The van der Waals surface area contributed by atoms with E-state index in [4.69, 9.17) is 10.1 Å².